The first-order valence-electron chi connectivity index (χ1n) is 3.59. The van der Waals surface area contributed by atoms with Crippen LogP contribution >= 0.6 is 11.8 Å². The van der Waals surface area contributed by atoms with Crippen molar-refractivity contribution in [2.75, 3.05) is 31.1 Å². The van der Waals surface area contributed by atoms with Gasteiger partial charge in [-0.05, 0) is 0 Å². The molecule has 1 heterocycles. The number of hydrogen-bond donors (Lipinski definition) is 2. The molecule has 0 bridgehead atoms. The molecule has 0 amide bonds. The molecule has 64 valence electrons. The highest BCUT2D eigenvalue weighted by Crippen LogP contribution is 2.07. The van der Waals surface area contributed by atoms with Crippen LogP contribution in [0, 0.1) is 0 Å². The third-order valence-corrected chi connectivity index (χ3v) is 2.56. The summed E-state index contributed by atoms with van der Waals surface area (Å²) in [6, 6.07) is 0. The summed E-state index contributed by atoms with van der Waals surface area (Å²) >= 11 is 1.95. The van der Waals surface area contributed by atoms with E-state index in [1.807, 2.05) is 11.8 Å². The first kappa shape index (κ1) is 8.67. The number of nitrogens with two attached hydrogens (primary N) is 1. The molecule has 3 N–H and O–H groups in total. The lowest BCUT2D eigenvalue weighted by atomic mass is 10.4. The van der Waals surface area contributed by atoms with E-state index in [0.717, 1.165) is 24.6 Å². The molecule has 11 heavy (non-hydrogen) atoms. The Morgan fingerprint density at radius 1 is 1.55 bits per heavy atom. The summed E-state index contributed by atoms with van der Waals surface area (Å²) in [5.74, 6) is 2.61. The zero-order valence-corrected chi connectivity index (χ0v) is 7.18. The van der Waals surface area contributed by atoms with E-state index in [2.05, 4.69) is 10.1 Å². The van der Waals surface area contributed by atoms with E-state index in [0.29, 0.717) is 12.4 Å². The second-order valence-electron chi connectivity index (χ2n) is 2.48. The molecule has 0 aromatic rings. The molecule has 1 aliphatic heterocycles. The van der Waals surface area contributed by atoms with Crippen molar-refractivity contribution in [3.05, 3.63) is 0 Å². The van der Waals surface area contributed by atoms with Gasteiger partial charge in [0.15, 0.2) is 5.84 Å². The van der Waals surface area contributed by atoms with Gasteiger partial charge >= 0.3 is 0 Å². The van der Waals surface area contributed by atoms with E-state index in [9.17, 15) is 0 Å². The van der Waals surface area contributed by atoms with Gasteiger partial charge in [0.25, 0.3) is 0 Å². The van der Waals surface area contributed by atoms with Crippen molar-refractivity contribution >= 4 is 17.6 Å². The molecule has 0 aromatic heterocycles. The fourth-order valence-electron chi connectivity index (χ4n) is 1.02. The fraction of sp³-hybridized carbons (Fsp3) is 0.833. The first-order valence-corrected chi connectivity index (χ1v) is 4.75. The quantitative estimate of drug-likeness (QED) is 0.264. The van der Waals surface area contributed by atoms with Crippen LogP contribution in [0.25, 0.3) is 0 Å². The Bertz CT molecular complexity index is 145. The molecule has 0 aliphatic carbocycles. The zero-order chi connectivity index (χ0) is 8.10. The Morgan fingerprint density at radius 2 is 2.18 bits per heavy atom. The Morgan fingerprint density at radius 3 is 2.73 bits per heavy atom. The molecule has 1 aliphatic rings. The molecule has 1 rings (SSSR count). The smallest absolute Gasteiger partial charge is 0.153 e. The van der Waals surface area contributed by atoms with Crippen LogP contribution in [0.1, 0.15) is 0 Å². The molecule has 0 aromatic carbocycles. The summed E-state index contributed by atoms with van der Waals surface area (Å²) in [6.07, 6.45) is 0. The lowest BCUT2D eigenvalue weighted by Gasteiger charge is -2.24. The number of amidine groups is 1. The first-order chi connectivity index (χ1) is 5.33. The van der Waals surface area contributed by atoms with Gasteiger partial charge in [-0.1, -0.05) is 5.16 Å². The number of nitrogens with zero attached hydrogens (tertiary/aromatic N) is 2. The van der Waals surface area contributed by atoms with Crippen molar-refractivity contribution in [1.82, 2.24) is 4.90 Å². The molecule has 0 radical (unpaired) electrons. The van der Waals surface area contributed by atoms with Crippen LogP contribution < -0.4 is 5.73 Å². The van der Waals surface area contributed by atoms with Crippen LogP contribution in [0.15, 0.2) is 5.16 Å². The van der Waals surface area contributed by atoms with Crippen LogP contribution in [-0.4, -0.2) is 47.1 Å². The van der Waals surface area contributed by atoms with E-state index in [4.69, 9.17) is 10.9 Å². The standard InChI is InChI=1S/C6H13N3OS/c7-6(8-10)5-9-1-3-11-4-2-9/h10H,1-5H2,(H2,7,8). The zero-order valence-electron chi connectivity index (χ0n) is 6.36. The van der Waals surface area contributed by atoms with Crippen molar-refractivity contribution in [3.63, 3.8) is 0 Å². The Labute approximate surface area is 70.4 Å². The van der Waals surface area contributed by atoms with Gasteiger partial charge in [0.1, 0.15) is 0 Å². The van der Waals surface area contributed by atoms with Crippen LogP contribution in [0.3, 0.4) is 0 Å². The van der Waals surface area contributed by atoms with Gasteiger partial charge in [0, 0.05) is 24.6 Å². The minimum atomic E-state index is 0.303. The average molecular weight is 175 g/mol. The predicted octanol–water partition coefficient (Wildman–Crippen LogP) is -0.218. The highest BCUT2D eigenvalue weighted by Gasteiger charge is 2.10. The number of rotatable bonds is 2. The molecule has 0 atom stereocenters. The van der Waals surface area contributed by atoms with Gasteiger partial charge in [-0.25, -0.2) is 0 Å². The van der Waals surface area contributed by atoms with Crippen molar-refractivity contribution < 1.29 is 5.21 Å². The lowest BCUT2D eigenvalue weighted by molar-refractivity contribution is 0.303. The Hall–Kier alpha value is -0.420. The van der Waals surface area contributed by atoms with Gasteiger partial charge < -0.3 is 10.9 Å². The third kappa shape index (κ3) is 2.98. The molecule has 1 fully saturated rings. The van der Waals surface area contributed by atoms with Gasteiger partial charge in [0.05, 0.1) is 6.54 Å². The molecule has 4 nitrogen and oxygen atoms in total. The minimum Gasteiger partial charge on any atom is -0.409 e. The normalized spacial score (nSPS) is 22.0. The SMILES string of the molecule is N/C(CN1CCSCC1)=N/O. The molecular weight excluding hydrogens is 162 g/mol. The van der Waals surface area contributed by atoms with Crippen molar-refractivity contribution in [3.8, 4) is 0 Å². The second-order valence-corrected chi connectivity index (χ2v) is 3.70. The second kappa shape index (κ2) is 4.46. The molecule has 0 saturated carbocycles. The average Bonchev–Trinajstić information content (AvgIpc) is 2.06. The largest absolute Gasteiger partial charge is 0.409 e. The maximum absolute atomic E-state index is 8.30. The van der Waals surface area contributed by atoms with Crippen molar-refractivity contribution in [2.45, 2.75) is 0 Å². The third-order valence-electron chi connectivity index (χ3n) is 1.62. The molecule has 1 saturated heterocycles. The maximum atomic E-state index is 8.30. The summed E-state index contributed by atoms with van der Waals surface area (Å²) < 4.78 is 0. The Kier molecular flexibility index (Phi) is 3.51. The van der Waals surface area contributed by atoms with E-state index in [1.54, 1.807) is 0 Å². The molecule has 5 heteroatoms. The van der Waals surface area contributed by atoms with Gasteiger partial charge in [-0.2, -0.15) is 11.8 Å². The summed E-state index contributed by atoms with van der Waals surface area (Å²) in [7, 11) is 0. The highest BCUT2D eigenvalue weighted by atomic mass is 32.2. The summed E-state index contributed by atoms with van der Waals surface area (Å²) in [5.41, 5.74) is 5.36. The van der Waals surface area contributed by atoms with Crippen LogP contribution in [0.2, 0.25) is 0 Å². The predicted molar refractivity (Wildman–Crippen MR) is 47.2 cm³/mol. The van der Waals surface area contributed by atoms with Crippen LogP contribution in [0.4, 0.5) is 0 Å². The van der Waals surface area contributed by atoms with Crippen LogP contribution in [0.5, 0.6) is 0 Å². The monoisotopic (exact) mass is 175 g/mol. The fourth-order valence-corrected chi connectivity index (χ4v) is 2.00. The van der Waals surface area contributed by atoms with Crippen LogP contribution in [-0.2, 0) is 0 Å². The summed E-state index contributed by atoms with van der Waals surface area (Å²) in [5, 5.41) is 11.2. The highest BCUT2D eigenvalue weighted by molar-refractivity contribution is 7.99. The van der Waals surface area contributed by atoms with E-state index >= 15 is 0 Å². The van der Waals surface area contributed by atoms with Crippen molar-refractivity contribution in [1.29, 1.82) is 0 Å². The van der Waals surface area contributed by atoms with Gasteiger partial charge in [-0.15, -0.1) is 0 Å². The number of oxime groups is 1. The van der Waals surface area contributed by atoms with Gasteiger partial charge in [0.2, 0.25) is 0 Å². The van der Waals surface area contributed by atoms with E-state index in [-0.39, 0.29) is 0 Å². The van der Waals surface area contributed by atoms with Gasteiger partial charge in [-0.3, -0.25) is 4.90 Å². The molecule has 0 unspecified atom stereocenters. The molecular formula is C6H13N3OS. The lowest BCUT2D eigenvalue weighted by Crippen LogP contribution is -2.39. The van der Waals surface area contributed by atoms with E-state index in [1.165, 1.54) is 0 Å². The van der Waals surface area contributed by atoms with E-state index < -0.39 is 0 Å². The maximum Gasteiger partial charge on any atom is 0.153 e. The number of thioether (sulfide) groups is 1. The Balaban J connectivity index is 2.24. The number of hydrogen-bond acceptors (Lipinski definition) is 4. The topological polar surface area (TPSA) is 61.8 Å². The van der Waals surface area contributed by atoms with Crippen molar-refractivity contribution in [2.24, 2.45) is 10.9 Å². The summed E-state index contributed by atoms with van der Waals surface area (Å²) in [6.45, 7) is 2.68. The summed E-state index contributed by atoms with van der Waals surface area (Å²) in [4.78, 5) is 2.19. The minimum absolute atomic E-state index is 0.303. The molecule has 0 spiro atoms.